The Hall–Kier alpha value is -2.50. The number of aromatic nitrogens is 1. The number of fused-ring (bicyclic) bond motifs is 3. The van der Waals surface area contributed by atoms with Crippen molar-refractivity contribution in [2.24, 2.45) is 0 Å². The SMILES string of the molecule is CCCn1c2c(c3cc(C(=O)O)ccc31)CN(C(=O)OCC)CC2. The lowest BCUT2D eigenvalue weighted by Crippen LogP contribution is -2.36. The number of aromatic carboxylic acids is 1. The van der Waals surface area contributed by atoms with Crippen LogP contribution < -0.4 is 0 Å². The molecule has 0 unspecified atom stereocenters. The van der Waals surface area contributed by atoms with Gasteiger partial charge in [-0.2, -0.15) is 0 Å². The minimum atomic E-state index is -0.938. The van der Waals surface area contributed by atoms with E-state index >= 15 is 0 Å². The van der Waals surface area contributed by atoms with Crippen LogP contribution in [0.1, 0.15) is 41.9 Å². The average molecular weight is 330 g/mol. The van der Waals surface area contributed by atoms with Gasteiger partial charge in [0.25, 0.3) is 0 Å². The van der Waals surface area contributed by atoms with Crippen molar-refractivity contribution in [1.82, 2.24) is 9.47 Å². The first-order chi connectivity index (χ1) is 11.6. The number of hydrogen-bond acceptors (Lipinski definition) is 3. The van der Waals surface area contributed by atoms with Crippen molar-refractivity contribution < 1.29 is 19.4 Å². The summed E-state index contributed by atoms with van der Waals surface area (Å²) in [6.07, 6.45) is 1.44. The van der Waals surface area contributed by atoms with Crippen LogP contribution in [-0.2, 0) is 24.2 Å². The van der Waals surface area contributed by atoms with E-state index in [0.29, 0.717) is 19.7 Å². The van der Waals surface area contributed by atoms with E-state index in [-0.39, 0.29) is 11.7 Å². The second-order valence-corrected chi connectivity index (χ2v) is 5.98. The van der Waals surface area contributed by atoms with Crippen LogP contribution in [0, 0.1) is 0 Å². The van der Waals surface area contributed by atoms with Crippen LogP contribution in [0.5, 0.6) is 0 Å². The average Bonchev–Trinajstić information content (AvgIpc) is 2.88. The molecule has 1 N–H and O–H groups in total. The number of carboxylic acid groups (broad SMARTS) is 1. The van der Waals surface area contributed by atoms with Gasteiger partial charge in [-0.15, -0.1) is 0 Å². The number of rotatable bonds is 4. The highest BCUT2D eigenvalue weighted by molar-refractivity contribution is 5.95. The van der Waals surface area contributed by atoms with E-state index in [1.54, 1.807) is 24.0 Å². The van der Waals surface area contributed by atoms with Crippen molar-refractivity contribution in [2.75, 3.05) is 13.2 Å². The monoisotopic (exact) mass is 330 g/mol. The Morgan fingerprint density at radius 1 is 1.29 bits per heavy atom. The molecule has 1 aromatic heterocycles. The van der Waals surface area contributed by atoms with Crippen LogP contribution in [-0.4, -0.2) is 39.8 Å². The first kappa shape index (κ1) is 16.4. The van der Waals surface area contributed by atoms with Gasteiger partial charge >= 0.3 is 12.1 Å². The van der Waals surface area contributed by atoms with E-state index < -0.39 is 5.97 Å². The minimum Gasteiger partial charge on any atom is -0.478 e. The Morgan fingerprint density at radius 3 is 2.75 bits per heavy atom. The summed E-state index contributed by atoms with van der Waals surface area (Å²) in [7, 11) is 0. The molecular formula is C18H22N2O4. The topological polar surface area (TPSA) is 71.8 Å². The van der Waals surface area contributed by atoms with Gasteiger partial charge in [0.05, 0.1) is 18.7 Å². The highest BCUT2D eigenvalue weighted by atomic mass is 16.6. The molecule has 2 heterocycles. The first-order valence-corrected chi connectivity index (χ1v) is 8.35. The number of carboxylic acids is 1. The second-order valence-electron chi connectivity index (χ2n) is 5.98. The molecule has 0 bridgehead atoms. The summed E-state index contributed by atoms with van der Waals surface area (Å²) in [5.41, 5.74) is 3.56. The van der Waals surface area contributed by atoms with Gasteiger partial charge in [0, 0.05) is 41.7 Å². The molecule has 1 amide bonds. The predicted molar refractivity (Wildman–Crippen MR) is 90.3 cm³/mol. The highest BCUT2D eigenvalue weighted by Gasteiger charge is 2.27. The smallest absolute Gasteiger partial charge is 0.410 e. The third kappa shape index (κ3) is 2.72. The zero-order chi connectivity index (χ0) is 17.3. The Balaban J connectivity index is 2.09. The van der Waals surface area contributed by atoms with Crippen molar-refractivity contribution in [1.29, 1.82) is 0 Å². The predicted octanol–water partition coefficient (Wildman–Crippen LogP) is 3.26. The fraction of sp³-hybridized carbons (Fsp3) is 0.444. The summed E-state index contributed by atoms with van der Waals surface area (Å²) in [5, 5.41) is 10.2. The molecule has 6 heteroatoms. The number of aryl methyl sites for hydroxylation is 1. The fourth-order valence-corrected chi connectivity index (χ4v) is 3.43. The molecule has 0 fully saturated rings. The van der Waals surface area contributed by atoms with Crippen LogP contribution in [0.2, 0.25) is 0 Å². The van der Waals surface area contributed by atoms with E-state index in [4.69, 9.17) is 4.74 Å². The molecule has 0 saturated heterocycles. The number of carbonyl (C=O) groups is 2. The van der Waals surface area contributed by atoms with Gasteiger partial charge in [-0.3, -0.25) is 0 Å². The van der Waals surface area contributed by atoms with E-state index in [0.717, 1.165) is 35.9 Å². The molecule has 2 aromatic rings. The summed E-state index contributed by atoms with van der Waals surface area (Å²) in [5.74, 6) is -0.938. The zero-order valence-electron chi connectivity index (χ0n) is 14.0. The molecule has 3 rings (SSSR count). The van der Waals surface area contributed by atoms with Crippen LogP contribution >= 0.6 is 0 Å². The highest BCUT2D eigenvalue weighted by Crippen LogP contribution is 2.32. The summed E-state index contributed by atoms with van der Waals surface area (Å²) < 4.78 is 7.37. The molecule has 1 aliphatic heterocycles. The fourth-order valence-electron chi connectivity index (χ4n) is 3.43. The zero-order valence-corrected chi connectivity index (χ0v) is 14.0. The molecule has 1 aliphatic rings. The van der Waals surface area contributed by atoms with E-state index in [9.17, 15) is 14.7 Å². The third-order valence-corrected chi connectivity index (χ3v) is 4.47. The van der Waals surface area contributed by atoms with E-state index in [2.05, 4.69) is 11.5 Å². The molecule has 24 heavy (non-hydrogen) atoms. The van der Waals surface area contributed by atoms with Crippen LogP contribution in [0.25, 0.3) is 10.9 Å². The lowest BCUT2D eigenvalue weighted by molar-refractivity contribution is 0.0696. The second kappa shape index (κ2) is 6.55. The number of amides is 1. The van der Waals surface area contributed by atoms with Crippen LogP contribution in [0.15, 0.2) is 18.2 Å². The third-order valence-electron chi connectivity index (χ3n) is 4.47. The molecule has 0 spiro atoms. The summed E-state index contributed by atoms with van der Waals surface area (Å²) in [4.78, 5) is 25.1. The van der Waals surface area contributed by atoms with Crippen molar-refractivity contribution in [3.63, 3.8) is 0 Å². The molecule has 0 saturated carbocycles. The van der Waals surface area contributed by atoms with Gasteiger partial charge in [-0.05, 0) is 31.5 Å². The largest absolute Gasteiger partial charge is 0.478 e. The Bertz CT molecular complexity index is 794. The molecule has 0 atom stereocenters. The van der Waals surface area contributed by atoms with Gasteiger partial charge in [0.1, 0.15) is 0 Å². The maximum Gasteiger partial charge on any atom is 0.410 e. The maximum atomic E-state index is 12.1. The normalized spacial score (nSPS) is 13.8. The number of hydrogen-bond donors (Lipinski definition) is 1. The van der Waals surface area contributed by atoms with Gasteiger partial charge in [-0.1, -0.05) is 6.92 Å². The molecular weight excluding hydrogens is 308 g/mol. The van der Waals surface area contributed by atoms with Gasteiger partial charge in [0.15, 0.2) is 0 Å². The quantitative estimate of drug-likeness (QED) is 0.934. The summed E-state index contributed by atoms with van der Waals surface area (Å²) in [6, 6.07) is 5.24. The molecule has 6 nitrogen and oxygen atoms in total. The summed E-state index contributed by atoms with van der Waals surface area (Å²) >= 11 is 0. The van der Waals surface area contributed by atoms with Crippen molar-refractivity contribution in [3.05, 3.63) is 35.0 Å². The Morgan fingerprint density at radius 2 is 2.08 bits per heavy atom. The number of nitrogens with zero attached hydrogens (tertiary/aromatic N) is 2. The molecule has 1 aromatic carbocycles. The van der Waals surface area contributed by atoms with Crippen molar-refractivity contribution >= 4 is 23.0 Å². The van der Waals surface area contributed by atoms with E-state index in [1.165, 1.54) is 5.69 Å². The maximum absolute atomic E-state index is 12.1. The minimum absolute atomic E-state index is 0.271. The van der Waals surface area contributed by atoms with Crippen LogP contribution in [0.3, 0.4) is 0 Å². The van der Waals surface area contributed by atoms with Gasteiger partial charge in [0.2, 0.25) is 0 Å². The number of ether oxygens (including phenoxy) is 1. The Kier molecular flexibility index (Phi) is 4.46. The molecule has 0 radical (unpaired) electrons. The lowest BCUT2D eigenvalue weighted by Gasteiger charge is -2.27. The van der Waals surface area contributed by atoms with Gasteiger partial charge in [-0.25, -0.2) is 9.59 Å². The summed E-state index contributed by atoms with van der Waals surface area (Å²) in [6.45, 7) is 6.24. The van der Waals surface area contributed by atoms with Crippen molar-refractivity contribution in [3.8, 4) is 0 Å². The van der Waals surface area contributed by atoms with E-state index in [1.807, 2.05) is 6.07 Å². The number of carbonyl (C=O) groups excluding carboxylic acids is 1. The molecule has 128 valence electrons. The Labute approximate surface area is 140 Å². The molecule has 0 aliphatic carbocycles. The standard InChI is InChI=1S/C18H22N2O4/c1-3-8-20-15-6-5-12(17(21)22)10-13(15)14-11-19(9-7-16(14)20)18(23)24-4-2/h5-6,10H,3-4,7-9,11H2,1-2H3,(H,21,22). The van der Waals surface area contributed by atoms with Crippen molar-refractivity contribution in [2.45, 2.75) is 39.8 Å². The lowest BCUT2D eigenvalue weighted by atomic mass is 10.0. The van der Waals surface area contributed by atoms with Gasteiger partial charge < -0.3 is 19.3 Å². The number of benzene rings is 1. The van der Waals surface area contributed by atoms with Crippen LogP contribution in [0.4, 0.5) is 4.79 Å². The first-order valence-electron chi connectivity index (χ1n) is 8.35.